The lowest BCUT2D eigenvalue weighted by molar-refractivity contribution is 0.0643. The van der Waals surface area contributed by atoms with Crippen molar-refractivity contribution in [3.63, 3.8) is 0 Å². The van der Waals surface area contributed by atoms with Crippen molar-refractivity contribution in [2.24, 2.45) is 0 Å². The van der Waals surface area contributed by atoms with Crippen molar-refractivity contribution in [2.45, 2.75) is 31.3 Å². The van der Waals surface area contributed by atoms with Crippen molar-refractivity contribution in [2.75, 3.05) is 19.6 Å². The molecule has 0 aliphatic carbocycles. The van der Waals surface area contributed by atoms with E-state index >= 15 is 0 Å². The maximum atomic E-state index is 3.59. The van der Waals surface area contributed by atoms with Gasteiger partial charge in [-0.05, 0) is 37.1 Å². The molecule has 3 rings (SSSR count). The number of piperazine rings is 1. The molecular formula is C14H19BrN2. The average molecular weight is 295 g/mol. The second-order valence-electron chi connectivity index (χ2n) is 5.11. The Balaban J connectivity index is 1.83. The topological polar surface area (TPSA) is 15.3 Å². The first-order valence-corrected chi connectivity index (χ1v) is 7.36. The summed E-state index contributed by atoms with van der Waals surface area (Å²) in [4.78, 5) is 2.71. The molecule has 17 heavy (non-hydrogen) atoms. The van der Waals surface area contributed by atoms with Crippen LogP contribution >= 0.6 is 15.9 Å². The number of halogens is 1. The Morgan fingerprint density at radius 3 is 2.76 bits per heavy atom. The molecule has 3 heteroatoms. The molecule has 2 aliphatic rings. The van der Waals surface area contributed by atoms with E-state index in [1.165, 1.54) is 42.4 Å². The van der Waals surface area contributed by atoms with Gasteiger partial charge in [0.15, 0.2) is 0 Å². The number of rotatable bonds is 1. The summed E-state index contributed by atoms with van der Waals surface area (Å²) in [7, 11) is 0. The number of nitrogens with zero attached hydrogens (tertiary/aromatic N) is 1. The summed E-state index contributed by atoms with van der Waals surface area (Å²) < 4.78 is 1.17. The number of hydrogen-bond acceptors (Lipinski definition) is 2. The van der Waals surface area contributed by atoms with Crippen molar-refractivity contribution < 1.29 is 0 Å². The molecule has 2 heterocycles. The third-order valence-electron chi connectivity index (χ3n) is 4.05. The third-order valence-corrected chi connectivity index (χ3v) is 4.57. The number of fused-ring (bicyclic) bond motifs is 1. The fourth-order valence-electron chi connectivity index (χ4n) is 3.15. The van der Waals surface area contributed by atoms with E-state index < -0.39 is 0 Å². The third kappa shape index (κ3) is 2.42. The lowest BCUT2D eigenvalue weighted by atomic mass is 9.93. The van der Waals surface area contributed by atoms with E-state index in [0.29, 0.717) is 6.04 Å². The zero-order chi connectivity index (χ0) is 11.7. The van der Waals surface area contributed by atoms with Crippen LogP contribution in [0, 0.1) is 0 Å². The van der Waals surface area contributed by atoms with E-state index in [9.17, 15) is 0 Å². The summed E-state index contributed by atoms with van der Waals surface area (Å²) in [5, 5.41) is 3.59. The van der Waals surface area contributed by atoms with Crippen molar-refractivity contribution in [1.82, 2.24) is 10.2 Å². The molecule has 0 radical (unpaired) electrons. The normalized spacial score (nSPS) is 29.9. The first-order valence-electron chi connectivity index (χ1n) is 6.56. The second-order valence-corrected chi connectivity index (χ2v) is 6.03. The summed E-state index contributed by atoms with van der Waals surface area (Å²) in [6.07, 6.45) is 4.12. The Morgan fingerprint density at radius 1 is 1.12 bits per heavy atom. The summed E-state index contributed by atoms with van der Waals surface area (Å²) in [5.41, 5.74) is 1.45. The Labute approximate surface area is 112 Å². The summed E-state index contributed by atoms with van der Waals surface area (Å²) in [5.74, 6) is 0. The number of nitrogens with one attached hydrogen (secondary N) is 1. The van der Waals surface area contributed by atoms with Crippen LogP contribution in [0.25, 0.3) is 0 Å². The molecule has 1 aromatic rings. The van der Waals surface area contributed by atoms with Gasteiger partial charge in [0.2, 0.25) is 0 Å². The highest BCUT2D eigenvalue weighted by molar-refractivity contribution is 9.10. The van der Waals surface area contributed by atoms with Crippen LogP contribution < -0.4 is 5.32 Å². The first-order chi connectivity index (χ1) is 8.34. The lowest BCUT2D eigenvalue weighted by Gasteiger charge is -2.45. The lowest BCUT2D eigenvalue weighted by Crippen LogP contribution is -2.54. The van der Waals surface area contributed by atoms with Gasteiger partial charge in [-0.1, -0.05) is 34.5 Å². The maximum Gasteiger partial charge on any atom is 0.0476 e. The predicted molar refractivity (Wildman–Crippen MR) is 74.1 cm³/mol. The molecule has 2 atom stereocenters. The SMILES string of the molecule is Brc1ccc(C2CNCC3CCCCN32)cc1. The predicted octanol–water partition coefficient (Wildman–Crippen LogP) is 2.95. The number of piperidine rings is 1. The highest BCUT2D eigenvalue weighted by Gasteiger charge is 2.32. The molecule has 92 valence electrons. The van der Waals surface area contributed by atoms with Gasteiger partial charge in [0.1, 0.15) is 0 Å². The zero-order valence-corrected chi connectivity index (χ0v) is 11.6. The molecule has 0 bridgehead atoms. The Bertz CT molecular complexity index is 374. The maximum absolute atomic E-state index is 3.59. The highest BCUT2D eigenvalue weighted by Crippen LogP contribution is 2.31. The van der Waals surface area contributed by atoms with Gasteiger partial charge < -0.3 is 5.32 Å². The Hall–Kier alpha value is -0.380. The monoisotopic (exact) mass is 294 g/mol. The molecular weight excluding hydrogens is 276 g/mol. The minimum atomic E-state index is 0.571. The van der Waals surface area contributed by atoms with E-state index in [1.807, 2.05) is 0 Å². The zero-order valence-electron chi connectivity index (χ0n) is 10.0. The van der Waals surface area contributed by atoms with Crippen molar-refractivity contribution in [1.29, 1.82) is 0 Å². The van der Waals surface area contributed by atoms with E-state index in [4.69, 9.17) is 0 Å². The van der Waals surface area contributed by atoms with Crippen molar-refractivity contribution >= 4 is 15.9 Å². The van der Waals surface area contributed by atoms with E-state index in [2.05, 4.69) is 50.4 Å². The second kappa shape index (κ2) is 5.09. The molecule has 2 aliphatic heterocycles. The number of hydrogen-bond donors (Lipinski definition) is 1. The highest BCUT2D eigenvalue weighted by atomic mass is 79.9. The van der Waals surface area contributed by atoms with Gasteiger partial charge in [-0.2, -0.15) is 0 Å². The van der Waals surface area contributed by atoms with Gasteiger partial charge in [-0.15, -0.1) is 0 Å². The molecule has 1 N–H and O–H groups in total. The van der Waals surface area contributed by atoms with Crippen LogP contribution in [0.4, 0.5) is 0 Å². The van der Waals surface area contributed by atoms with Crippen LogP contribution in [-0.2, 0) is 0 Å². The minimum absolute atomic E-state index is 0.571. The molecule has 2 fully saturated rings. The van der Waals surface area contributed by atoms with Crippen LogP contribution in [-0.4, -0.2) is 30.6 Å². The van der Waals surface area contributed by atoms with Crippen molar-refractivity contribution in [3.05, 3.63) is 34.3 Å². The van der Waals surface area contributed by atoms with E-state index in [1.54, 1.807) is 0 Å². The van der Waals surface area contributed by atoms with E-state index in [-0.39, 0.29) is 0 Å². The molecule has 2 nitrogen and oxygen atoms in total. The molecule has 1 aromatic carbocycles. The van der Waals surface area contributed by atoms with Gasteiger partial charge in [-0.25, -0.2) is 0 Å². The van der Waals surface area contributed by atoms with Crippen LogP contribution in [0.3, 0.4) is 0 Å². The van der Waals surface area contributed by atoms with Crippen LogP contribution in [0.2, 0.25) is 0 Å². The molecule has 0 amide bonds. The number of benzene rings is 1. The summed E-state index contributed by atoms with van der Waals surface area (Å²) in [6, 6.07) is 10.2. The van der Waals surface area contributed by atoms with Gasteiger partial charge in [0, 0.05) is 29.6 Å². The van der Waals surface area contributed by atoms with Crippen LogP contribution in [0.5, 0.6) is 0 Å². The molecule has 0 saturated carbocycles. The molecule has 2 saturated heterocycles. The Morgan fingerprint density at radius 2 is 1.94 bits per heavy atom. The fourth-order valence-corrected chi connectivity index (χ4v) is 3.41. The van der Waals surface area contributed by atoms with Gasteiger partial charge in [-0.3, -0.25) is 4.90 Å². The quantitative estimate of drug-likeness (QED) is 0.857. The van der Waals surface area contributed by atoms with Gasteiger partial charge >= 0.3 is 0 Å². The van der Waals surface area contributed by atoms with Crippen LogP contribution in [0.1, 0.15) is 30.9 Å². The van der Waals surface area contributed by atoms with Crippen molar-refractivity contribution in [3.8, 4) is 0 Å². The summed E-state index contributed by atoms with van der Waals surface area (Å²) >= 11 is 3.51. The first kappa shape index (κ1) is 11.7. The largest absolute Gasteiger partial charge is 0.313 e. The van der Waals surface area contributed by atoms with Gasteiger partial charge in [0.05, 0.1) is 0 Å². The molecule has 2 unspecified atom stereocenters. The van der Waals surface area contributed by atoms with Gasteiger partial charge in [0.25, 0.3) is 0 Å². The average Bonchev–Trinajstić information content (AvgIpc) is 2.39. The minimum Gasteiger partial charge on any atom is -0.313 e. The summed E-state index contributed by atoms with van der Waals surface area (Å²) in [6.45, 7) is 3.54. The smallest absolute Gasteiger partial charge is 0.0476 e. The van der Waals surface area contributed by atoms with E-state index in [0.717, 1.165) is 12.6 Å². The fraction of sp³-hybridized carbons (Fsp3) is 0.571. The molecule has 0 aromatic heterocycles. The van der Waals surface area contributed by atoms with Crippen LogP contribution in [0.15, 0.2) is 28.7 Å². The standard InChI is InChI=1S/C14H19BrN2/c15-12-6-4-11(5-7-12)14-10-16-9-13-3-1-2-8-17(13)14/h4-7,13-14,16H,1-3,8-10H2. The molecule has 0 spiro atoms. The Kier molecular flexibility index (Phi) is 3.50.